The van der Waals surface area contributed by atoms with E-state index >= 15 is 0 Å². The van der Waals surface area contributed by atoms with Crippen LogP contribution in [-0.2, 0) is 0 Å². The molecule has 0 radical (unpaired) electrons. The normalized spacial score (nSPS) is 11.5. The van der Waals surface area contributed by atoms with E-state index in [0.717, 1.165) is 19.7 Å². The Bertz CT molecular complexity index is 1660. The van der Waals surface area contributed by atoms with E-state index in [9.17, 15) is 4.79 Å². The van der Waals surface area contributed by atoms with Crippen molar-refractivity contribution in [1.29, 1.82) is 0 Å². The molecule has 1 heterocycles. The van der Waals surface area contributed by atoms with E-state index in [2.05, 4.69) is 47.2 Å². The first-order valence-corrected chi connectivity index (χ1v) is 11.8. The highest BCUT2D eigenvalue weighted by Gasteiger charge is 2.11. The third-order valence-electron chi connectivity index (χ3n) is 5.08. The van der Waals surface area contributed by atoms with Crippen LogP contribution in [0.4, 0.5) is 5.69 Å². The van der Waals surface area contributed by atoms with Gasteiger partial charge >= 0.3 is 0 Å². The Kier molecular flexibility index (Phi) is 5.92. The molecule has 6 nitrogen and oxygen atoms in total. The molecule has 5 aromatic rings. The highest BCUT2D eigenvalue weighted by atomic mass is 79.9. The van der Waals surface area contributed by atoms with E-state index in [1.165, 1.54) is 4.57 Å². The molecule has 9 heteroatoms. The number of halogens is 2. The lowest BCUT2D eigenvalue weighted by molar-refractivity contribution is 0.316. The van der Waals surface area contributed by atoms with Crippen molar-refractivity contribution in [3.63, 3.8) is 0 Å². The Labute approximate surface area is 209 Å². The molecule has 0 saturated heterocycles. The number of benzene rings is 4. The van der Waals surface area contributed by atoms with E-state index in [-0.39, 0.29) is 5.56 Å². The van der Waals surface area contributed by atoms with E-state index in [0.29, 0.717) is 32.8 Å². The Balaban J connectivity index is 1.44. The van der Waals surface area contributed by atoms with Gasteiger partial charge in [0.2, 0.25) is 0 Å². The van der Waals surface area contributed by atoms with Gasteiger partial charge in [-0.1, -0.05) is 52.3 Å². The molecule has 5 rings (SSSR count). The first-order chi connectivity index (χ1) is 16.0. The molecule has 0 aliphatic rings. The molecule has 0 bridgehead atoms. The van der Waals surface area contributed by atoms with Gasteiger partial charge in [0.25, 0.3) is 5.56 Å². The topological polar surface area (TPSA) is 71.7 Å². The van der Waals surface area contributed by atoms with Crippen molar-refractivity contribution in [3.05, 3.63) is 103 Å². The lowest BCUT2D eigenvalue weighted by Crippen LogP contribution is -2.20. The molecule has 4 aromatic carbocycles. The smallest absolute Gasteiger partial charge is 0.266 e. The van der Waals surface area contributed by atoms with Gasteiger partial charge in [-0.3, -0.25) is 9.36 Å². The fourth-order valence-electron chi connectivity index (χ4n) is 3.53. The Hall–Kier alpha value is -3.14. The third-order valence-corrected chi connectivity index (χ3v) is 6.44. The van der Waals surface area contributed by atoms with Crippen LogP contribution in [-0.4, -0.2) is 9.55 Å². The highest BCUT2D eigenvalue weighted by molar-refractivity contribution is 9.11. The van der Waals surface area contributed by atoms with E-state index in [1.54, 1.807) is 30.3 Å². The first kappa shape index (κ1) is 21.7. The van der Waals surface area contributed by atoms with Gasteiger partial charge in [0, 0.05) is 19.6 Å². The number of rotatable bonds is 4. The highest BCUT2D eigenvalue weighted by Crippen LogP contribution is 2.27. The minimum Gasteiger partial charge on any atom is -0.339 e. The van der Waals surface area contributed by atoms with E-state index in [1.807, 2.05) is 48.5 Å². The monoisotopic (exact) mass is 580 g/mol. The van der Waals surface area contributed by atoms with Crippen LogP contribution in [0.5, 0.6) is 5.75 Å². The first-order valence-electron chi connectivity index (χ1n) is 9.81. The lowest BCUT2D eigenvalue weighted by Gasteiger charge is -2.09. The van der Waals surface area contributed by atoms with Crippen molar-refractivity contribution in [2.45, 2.75) is 0 Å². The Morgan fingerprint density at radius 2 is 1.67 bits per heavy atom. The van der Waals surface area contributed by atoms with Crippen molar-refractivity contribution >= 4 is 71.4 Å². The molecule has 0 amide bonds. The second-order valence-electron chi connectivity index (χ2n) is 7.15. The van der Waals surface area contributed by atoms with Crippen LogP contribution in [0.1, 0.15) is 0 Å². The average Bonchev–Trinajstić information content (AvgIpc) is 2.81. The van der Waals surface area contributed by atoms with Gasteiger partial charge in [-0.2, -0.15) is 0 Å². The Morgan fingerprint density at radius 1 is 0.909 bits per heavy atom. The third kappa shape index (κ3) is 4.27. The predicted molar refractivity (Wildman–Crippen MR) is 139 cm³/mol. The Morgan fingerprint density at radius 3 is 2.48 bits per heavy atom. The lowest BCUT2D eigenvalue weighted by atomic mass is 10.1. The van der Waals surface area contributed by atoms with Gasteiger partial charge in [-0.05, 0) is 76.0 Å². The van der Waals surface area contributed by atoms with Crippen LogP contribution in [0.3, 0.4) is 0 Å². The van der Waals surface area contributed by atoms with Crippen molar-refractivity contribution < 1.29 is 4.84 Å². The molecule has 0 aliphatic heterocycles. The molecule has 0 atom stereocenters. The van der Waals surface area contributed by atoms with Crippen LogP contribution in [0.2, 0.25) is 0 Å². The van der Waals surface area contributed by atoms with Crippen LogP contribution in [0, 0.1) is 4.77 Å². The fraction of sp³-hybridized carbons (Fsp3) is 0. The number of nitrogens with zero attached hydrogens (tertiary/aromatic N) is 3. The quantitative estimate of drug-likeness (QED) is 0.134. The van der Waals surface area contributed by atoms with E-state index in [4.69, 9.17) is 17.1 Å². The summed E-state index contributed by atoms with van der Waals surface area (Å²) in [6.45, 7) is 0. The molecule has 0 aliphatic carbocycles. The van der Waals surface area contributed by atoms with Crippen molar-refractivity contribution in [1.82, 2.24) is 9.55 Å². The second-order valence-corrected chi connectivity index (χ2v) is 9.30. The number of aromatic amines is 1. The second kappa shape index (κ2) is 9.01. The molecule has 162 valence electrons. The maximum Gasteiger partial charge on any atom is 0.266 e. The zero-order valence-electron chi connectivity index (χ0n) is 16.8. The minimum absolute atomic E-state index is 0.218. The van der Waals surface area contributed by atoms with Gasteiger partial charge in [-0.25, -0.2) is 0 Å². The molecule has 0 saturated carbocycles. The molecule has 1 aromatic heterocycles. The zero-order chi connectivity index (χ0) is 22.9. The van der Waals surface area contributed by atoms with Gasteiger partial charge < -0.3 is 9.82 Å². The summed E-state index contributed by atoms with van der Waals surface area (Å²) < 4.78 is 3.29. The minimum atomic E-state index is -0.218. The summed E-state index contributed by atoms with van der Waals surface area (Å²) in [5, 5.41) is 10.5. The van der Waals surface area contributed by atoms with Crippen LogP contribution >= 0.6 is 44.1 Å². The number of H-pyrrole nitrogens is 1. The number of nitrogens with one attached hydrogen (secondary N) is 1. The molecule has 0 fully saturated rings. The molecule has 0 unspecified atom stereocenters. The van der Waals surface area contributed by atoms with Gasteiger partial charge in [0.15, 0.2) is 10.5 Å². The van der Waals surface area contributed by atoms with E-state index < -0.39 is 0 Å². The maximum atomic E-state index is 13.1. The number of hydrogen-bond acceptors (Lipinski definition) is 5. The van der Waals surface area contributed by atoms with Crippen LogP contribution in [0.15, 0.2) is 103 Å². The average molecular weight is 582 g/mol. The number of hydrogen-bond donors (Lipinski definition) is 1. The van der Waals surface area contributed by atoms with Crippen LogP contribution < -0.4 is 10.4 Å². The van der Waals surface area contributed by atoms with Crippen molar-refractivity contribution in [2.75, 3.05) is 0 Å². The van der Waals surface area contributed by atoms with Crippen LogP contribution in [0.25, 0.3) is 27.4 Å². The predicted octanol–water partition coefficient (Wildman–Crippen LogP) is 7.80. The summed E-state index contributed by atoms with van der Waals surface area (Å²) in [6, 6.07) is 24.3. The maximum absolute atomic E-state index is 13.1. The molecule has 0 spiro atoms. The molecule has 33 heavy (non-hydrogen) atoms. The van der Waals surface area contributed by atoms with Crippen molar-refractivity contribution in [2.24, 2.45) is 10.4 Å². The SMILES string of the molecule is O=c1c2cc(Br)cc(Br)c2[nH]c(=S)n1-c1ccc(N=NOc2cccc3ccccc23)cc1. The summed E-state index contributed by atoms with van der Waals surface area (Å²) in [5.74, 6) is 0.625. The largest absolute Gasteiger partial charge is 0.339 e. The van der Waals surface area contributed by atoms with Gasteiger partial charge in [0.05, 0.1) is 22.3 Å². The summed E-state index contributed by atoms with van der Waals surface area (Å²) in [4.78, 5) is 21.8. The molecule has 1 N–H and O–H groups in total. The number of fused-ring (bicyclic) bond motifs is 2. The van der Waals surface area contributed by atoms with Gasteiger partial charge in [-0.15, -0.1) is 5.11 Å². The molecular formula is C24H14Br2N4O2S. The zero-order valence-corrected chi connectivity index (χ0v) is 20.8. The van der Waals surface area contributed by atoms with Gasteiger partial charge in [0.1, 0.15) is 0 Å². The fourth-order valence-corrected chi connectivity index (χ4v) is 5.15. The summed E-state index contributed by atoms with van der Waals surface area (Å²) >= 11 is 12.3. The summed E-state index contributed by atoms with van der Waals surface area (Å²) in [7, 11) is 0. The standard InChI is InChI=1S/C24H14Br2N4O2S/c25-15-12-19-22(20(26)13-15)27-24(33)30(23(19)31)17-10-8-16(9-11-17)28-29-32-21-7-3-5-14-4-1-2-6-18(14)21/h1-13H,(H,27,33). The summed E-state index contributed by atoms with van der Waals surface area (Å²) in [6.07, 6.45) is 0. The number of aromatic nitrogens is 2. The van der Waals surface area contributed by atoms with Crippen molar-refractivity contribution in [3.8, 4) is 11.4 Å². The molecular weight excluding hydrogens is 568 g/mol. The summed E-state index contributed by atoms with van der Waals surface area (Å²) in [5.41, 5.74) is 1.63.